The molecule has 1 aliphatic heterocycles. The minimum atomic E-state index is -0.371. The van der Waals surface area contributed by atoms with Crippen molar-refractivity contribution in [3.05, 3.63) is 23.2 Å². The van der Waals surface area contributed by atoms with Crippen LogP contribution in [0, 0.1) is 6.92 Å². The van der Waals surface area contributed by atoms with E-state index in [4.69, 9.17) is 10.3 Å². The molecule has 1 unspecified atom stereocenters. The van der Waals surface area contributed by atoms with Crippen molar-refractivity contribution in [3.63, 3.8) is 0 Å². The van der Waals surface area contributed by atoms with Crippen molar-refractivity contribution in [2.75, 3.05) is 13.6 Å². The molecular formula is C14H22N4O3. The molecule has 2 rings (SSSR count). The number of rotatable bonds is 4. The number of likely N-dealkylation sites (N-methyl/N-ethyl adjacent to an activating group) is 1. The highest BCUT2D eigenvalue weighted by atomic mass is 16.3. The summed E-state index contributed by atoms with van der Waals surface area (Å²) in [5.74, 6) is 5.99. The van der Waals surface area contributed by atoms with E-state index >= 15 is 0 Å². The van der Waals surface area contributed by atoms with E-state index in [1.807, 2.05) is 0 Å². The summed E-state index contributed by atoms with van der Waals surface area (Å²) in [6.45, 7) is 3.08. The Kier molecular flexibility index (Phi) is 4.98. The van der Waals surface area contributed by atoms with Crippen LogP contribution in [0.2, 0.25) is 0 Å². The number of furan rings is 1. The fraction of sp³-hybridized carbons (Fsp3) is 0.571. The van der Waals surface area contributed by atoms with Crippen LogP contribution in [-0.2, 0) is 11.3 Å². The van der Waals surface area contributed by atoms with Crippen molar-refractivity contribution in [1.82, 2.24) is 15.6 Å². The molecule has 0 aliphatic carbocycles. The van der Waals surface area contributed by atoms with E-state index in [0.29, 0.717) is 23.6 Å². The molecule has 7 nitrogen and oxygen atoms in total. The lowest BCUT2D eigenvalue weighted by atomic mass is 10.0. The standard InChI is InChI=1S/C14H22N4O3/c1-9-11(13(19)17-15)7-10(21-9)8-18-6-4-3-5-12(18)14(20)16-2/h7,12H,3-6,8,15H2,1-2H3,(H,16,20)(H,17,19). The predicted octanol–water partition coefficient (Wildman–Crippen LogP) is 0.292. The zero-order chi connectivity index (χ0) is 15.4. The van der Waals surface area contributed by atoms with Crippen molar-refractivity contribution in [2.24, 2.45) is 5.84 Å². The third kappa shape index (κ3) is 3.43. The van der Waals surface area contributed by atoms with E-state index in [0.717, 1.165) is 25.8 Å². The van der Waals surface area contributed by atoms with Gasteiger partial charge in [0.25, 0.3) is 5.91 Å². The number of carbonyl (C=O) groups excluding carboxylic acids is 2. The smallest absolute Gasteiger partial charge is 0.268 e. The fourth-order valence-electron chi connectivity index (χ4n) is 2.77. The highest BCUT2D eigenvalue weighted by Gasteiger charge is 2.29. The Hall–Kier alpha value is -1.86. The first-order valence-corrected chi connectivity index (χ1v) is 7.12. The number of hydrogen-bond acceptors (Lipinski definition) is 5. The third-order valence-corrected chi connectivity index (χ3v) is 3.87. The molecule has 21 heavy (non-hydrogen) atoms. The van der Waals surface area contributed by atoms with Crippen molar-refractivity contribution in [1.29, 1.82) is 0 Å². The molecule has 1 atom stereocenters. The van der Waals surface area contributed by atoms with Crippen molar-refractivity contribution in [3.8, 4) is 0 Å². The van der Waals surface area contributed by atoms with Crippen LogP contribution in [0.5, 0.6) is 0 Å². The van der Waals surface area contributed by atoms with Crippen LogP contribution < -0.4 is 16.6 Å². The van der Waals surface area contributed by atoms with E-state index in [9.17, 15) is 9.59 Å². The number of aryl methyl sites for hydroxylation is 1. The lowest BCUT2D eigenvalue weighted by Gasteiger charge is -2.33. The second-order valence-corrected chi connectivity index (χ2v) is 5.25. The van der Waals surface area contributed by atoms with E-state index < -0.39 is 0 Å². The highest BCUT2D eigenvalue weighted by molar-refractivity contribution is 5.94. The van der Waals surface area contributed by atoms with Crippen LogP contribution in [0.15, 0.2) is 10.5 Å². The number of hydrazine groups is 1. The van der Waals surface area contributed by atoms with Crippen LogP contribution in [-0.4, -0.2) is 36.3 Å². The average Bonchev–Trinajstić information content (AvgIpc) is 2.86. The molecule has 0 radical (unpaired) electrons. The summed E-state index contributed by atoms with van der Waals surface area (Å²) < 4.78 is 5.61. The number of hydrogen-bond donors (Lipinski definition) is 3. The van der Waals surface area contributed by atoms with Gasteiger partial charge in [-0.25, -0.2) is 5.84 Å². The van der Waals surface area contributed by atoms with Gasteiger partial charge >= 0.3 is 0 Å². The Morgan fingerprint density at radius 1 is 1.48 bits per heavy atom. The van der Waals surface area contributed by atoms with Crippen LogP contribution in [0.1, 0.15) is 41.1 Å². The fourth-order valence-corrected chi connectivity index (χ4v) is 2.77. The second kappa shape index (κ2) is 6.73. The summed E-state index contributed by atoms with van der Waals surface area (Å²) in [5, 5.41) is 2.70. The summed E-state index contributed by atoms with van der Waals surface area (Å²) in [7, 11) is 1.65. The maximum atomic E-state index is 11.9. The molecule has 0 spiro atoms. The topological polar surface area (TPSA) is 101 Å². The van der Waals surface area contributed by atoms with Gasteiger partial charge in [-0.1, -0.05) is 6.42 Å². The Balaban J connectivity index is 2.12. The second-order valence-electron chi connectivity index (χ2n) is 5.25. The lowest BCUT2D eigenvalue weighted by molar-refractivity contribution is -0.127. The zero-order valence-electron chi connectivity index (χ0n) is 12.4. The number of nitrogens with zero attached hydrogens (tertiary/aromatic N) is 1. The normalized spacial score (nSPS) is 19.3. The Bertz CT molecular complexity index is 526. The van der Waals surface area contributed by atoms with E-state index in [1.165, 1.54) is 0 Å². The number of likely N-dealkylation sites (tertiary alicyclic amines) is 1. The molecular weight excluding hydrogens is 272 g/mol. The summed E-state index contributed by atoms with van der Waals surface area (Å²) in [5.41, 5.74) is 2.53. The number of carbonyl (C=O) groups is 2. The number of nitrogen functional groups attached to an aromatic ring is 1. The zero-order valence-corrected chi connectivity index (χ0v) is 12.4. The molecule has 2 heterocycles. The largest absolute Gasteiger partial charge is 0.464 e. The molecule has 1 fully saturated rings. The first-order valence-electron chi connectivity index (χ1n) is 7.12. The molecule has 2 amide bonds. The summed E-state index contributed by atoms with van der Waals surface area (Å²) >= 11 is 0. The van der Waals surface area contributed by atoms with E-state index in [1.54, 1.807) is 20.0 Å². The summed E-state index contributed by atoms with van der Waals surface area (Å²) in [6, 6.07) is 1.55. The monoisotopic (exact) mass is 294 g/mol. The van der Waals surface area contributed by atoms with Gasteiger partial charge in [0.05, 0.1) is 18.2 Å². The predicted molar refractivity (Wildman–Crippen MR) is 77.2 cm³/mol. The van der Waals surface area contributed by atoms with Gasteiger partial charge < -0.3 is 9.73 Å². The Morgan fingerprint density at radius 2 is 2.24 bits per heavy atom. The number of piperidine rings is 1. The van der Waals surface area contributed by atoms with Gasteiger partial charge in [-0.3, -0.25) is 19.9 Å². The molecule has 7 heteroatoms. The van der Waals surface area contributed by atoms with Gasteiger partial charge in [-0.05, 0) is 32.4 Å². The van der Waals surface area contributed by atoms with E-state index in [-0.39, 0.29) is 17.9 Å². The maximum absolute atomic E-state index is 11.9. The molecule has 1 aromatic rings. The SMILES string of the molecule is CNC(=O)C1CCCCN1Cc1cc(C(=O)NN)c(C)o1. The van der Waals surface area contributed by atoms with Gasteiger partial charge in [0.1, 0.15) is 11.5 Å². The minimum Gasteiger partial charge on any atom is -0.464 e. The Morgan fingerprint density at radius 3 is 2.90 bits per heavy atom. The van der Waals surface area contributed by atoms with Gasteiger partial charge in [0.15, 0.2) is 0 Å². The van der Waals surface area contributed by atoms with Crippen LogP contribution in [0.4, 0.5) is 0 Å². The molecule has 0 aromatic carbocycles. The Labute approximate surface area is 123 Å². The molecule has 1 saturated heterocycles. The van der Waals surface area contributed by atoms with Gasteiger partial charge in [-0.15, -0.1) is 0 Å². The molecule has 1 aliphatic rings. The van der Waals surface area contributed by atoms with Crippen molar-refractivity contribution < 1.29 is 14.0 Å². The minimum absolute atomic E-state index is 0.0258. The van der Waals surface area contributed by atoms with Crippen LogP contribution >= 0.6 is 0 Å². The van der Waals surface area contributed by atoms with Crippen LogP contribution in [0.3, 0.4) is 0 Å². The number of nitrogens with two attached hydrogens (primary N) is 1. The first kappa shape index (κ1) is 15.5. The number of nitrogens with one attached hydrogen (secondary N) is 2. The van der Waals surface area contributed by atoms with Gasteiger partial charge in [0.2, 0.25) is 5.91 Å². The molecule has 116 valence electrons. The van der Waals surface area contributed by atoms with Gasteiger partial charge in [-0.2, -0.15) is 0 Å². The summed E-state index contributed by atoms with van der Waals surface area (Å²) in [4.78, 5) is 25.6. The van der Waals surface area contributed by atoms with Gasteiger partial charge in [0, 0.05) is 7.05 Å². The maximum Gasteiger partial charge on any atom is 0.268 e. The lowest BCUT2D eigenvalue weighted by Crippen LogP contribution is -2.48. The number of amides is 2. The van der Waals surface area contributed by atoms with Crippen molar-refractivity contribution >= 4 is 11.8 Å². The molecule has 1 aromatic heterocycles. The highest BCUT2D eigenvalue weighted by Crippen LogP contribution is 2.22. The summed E-state index contributed by atoms with van der Waals surface area (Å²) in [6.07, 6.45) is 2.95. The molecule has 0 bridgehead atoms. The van der Waals surface area contributed by atoms with Crippen molar-refractivity contribution in [2.45, 2.75) is 38.8 Å². The average molecular weight is 294 g/mol. The van der Waals surface area contributed by atoms with E-state index in [2.05, 4.69) is 15.6 Å². The third-order valence-electron chi connectivity index (χ3n) is 3.87. The molecule has 0 saturated carbocycles. The first-order chi connectivity index (χ1) is 10.1. The quantitative estimate of drug-likeness (QED) is 0.421. The molecule has 4 N–H and O–H groups in total. The van der Waals surface area contributed by atoms with Crippen LogP contribution in [0.25, 0.3) is 0 Å².